The molecule has 1 N–H and O–H groups in total. The van der Waals surface area contributed by atoms with Crippen molar-refractivity contribution in [1.29, 1.82) is 0 Å². The Morgan fingerprint density at radius 2 is 2.40 bits per heavy atom. The van der Waals surface area contributed by atoms with Crippen molar-refractivity contribution in [3.8, 4) is 0 Å². The summed E-state index contributed by atoms with van der Waals surface area (Å²) in [7, 11) is 1.88. The third kappa shape index (κ3) is 2.35. The lowest BCUT2D eigenvalue weighted by Crippen LogP contribution is -2.17. The molecule has 2 unspecified atom stereocenters. The van der Waals surface area contributed by atoms with E-state index in [2.05, 4.69) is 15.5 Å². The normalized spacial score (nSPS) is 24.0. The van der Waals surface area contributed by atoms with Gasteiger partial charge in [-0.2, -0.15) is 4.98 Å². The Balaban J connectivity index is 2.05. The lowest BCUT2D eigenvalue weighted by molar-refractivity contribution is 0.0705. The standard InChI is InChI=1S/C10H17N3O2/c1-7(11-2)9-12-10(15-13-9)8-4-3-5-14-6-8/h7-8,11H,3-6H2,1-2H3. The van der Waals surface area contributed by atoms with Gasteiger partial charge in [-0.05, 0) is 26.8 Å². The second kappa shape index (κ2) is 4.72. The van der Waals surface area contributed by atoms with Gasteiger partial charge in [-0.3, -0.25) is 0 Å². The number of hydrogen-bond acceptors (Lipinski definition) is 5. The van der Waals surface area contributed by atoms with E-state index in [1.807, 2.05) is 14.0 Å². The Morgan fingerprint density at radius 1 is 1.53 bits per heavy atom. The molecule has 0 radical (unpaired) electrons. The maximum atomic E-state index is 5.39. The molecule has 1 aliphatic rings. The van der Waals surface area contributed by atoms with Gasteiger partial charge in [-0.25, -0.2) is 0 Å². The predicted octanol–water partition coefficient (Wildman–Crippen LogP) is 1.24. The van der Waals surface area contributed by atoms with E-state index in [0.29, 0.717) is 12.5 Å². The number of aromatic nitrogens is 2. The Labute approximate surface area is 89.2 Å². The van der Waals surface area contributed by atoms with Gasteiger partial charge in [-0.1, -0.05) is 5.16 Å². The highest BCUT2D eigenvalue weighted by Crippen LogP contribution is 2.24. The van der Waals surface area contributed by atoms with E-state index in [1.54, 1.807) is 0 Å². The van der Waals surface area contributed by atoms with Crippen LogP contribution in [0.5, 0.6) is 0 Å². The van der Waals surface area contributed by atoms with Crippen LogP contribution in [0.15, 0.2) is 4.52 Å². The van der Waals surface area contributed by atoms with Crippen molar-refractivity contribution >= 4 is 0 Å². The summed E-state index contributed by atoms with van der Waals surface area (Å²) in [5.41, 5.74) is 0. The average molecular weight is 211 g/mol. The molecule has 15 heavy (non-hydrogen) atoms. The lowest BCUT2D eigenvalue weighted by atomic mass is 10.0. The molecule has 0 bridgehead atoms. The van der Waals surface area contributed by atoms with Gasteiger partial charge in [0.1, 0.15) is 0 Å². The van der Waals surface area contributed by atoms with Crippen LogP contribution >= 0.6 is 0 Å². The number of nitrogens with zero attached hydrogens (tertiary/aromatic N) is 2. The monoisotopic (exact) mass is 211 g/mol. The van der Waals surface area contributed by atoms with E-state index in [-0.39, 0.29) is 12.0 Å². The zero-order valence-electron chi connectivity index (χ0n) is 9.19. The van der Waals surface area contributed by atoms with Crippen molar-refractivity contribution in [1.82, 2.24) is 15.5 Å². The van der Waals surface area contributed by atoms with Gasteiger partial charge in [0.2, 0.25) is 5.89 Å². The van der Waals surface area contributed by atoms with Crippen molar-refractivity contribution in [2.24, 2.45) is 0 Å². The molecule has 0 aliphatic carbocycles. The van der Waals surface area contributed by atoms with Crippen LogP contribution in [0.4, 0.5) is 0 Å². The van der Waals surface area contributed by atoms with Crippen LogP contribution in [0.3, 0.4) is 0 Å². The largest absolute Gasteiger partial charge is 0.381 e. The maximum absolute atomic E-state index is 5.39. The van der Waals surface area contributed by atoms with E-state index in [4.69, 9.17) is 9.26 Å². The Bertz CT molecular complexity index is 307. The van der Waals surface area contributed by atoms with E-state index >= 15 is 0 Å². The molecule has 0 aromatic carbocycles. The Hall–Kier alpha value is -0.940. The molecule has 1 aromatic rings. The molecule has 1 fully saturated rings. The lowest BCUT2D eigenvalue weighted by Gasteiger charge is -2.18. The van der Waals surface area contributed by atoms with E-state index in [9.17, 15) is 0 Å². The van der Waals surface area contributed by atoms with Crippen molar-refractivity contribution in [2.45, 2.75) is 31.7 Å². The molecular formula is C10H17N3O2. The van der Waals surface area contributed by atoms with Crippen molar-refractivity contribution in [3.63, 3.8) is 0 Å². The van der Waals surface area contributed by atoms with Gasteiger partial charge in [0.05, 0.1) is 18.6 Å². The highest BCUT2D eigenvalue weighted by atomic mass is 16.5. The molecule has 0 amide bonds. The van der Waals surface area contributed by atoms with Gasteiger partial charge in [-0.15, -0.1) is 0 Å². The molecule has 1 saturated heterocycles. The molecule has 1 aliphatic heterocycles. The molecule has 2 heterocycles. The Kier molecular flexibility index (Phi) is 3.33. The van der Waals surface area contributed by atoms with E-state index in [0.717, 1.165) is 25.3 Å². The number of hydrogen-bond donors (Lipinski definition) is 1. The van der Waals surface area contributed by atoms with Crippen LogP contribution < -0.4 is 5.32 Å². The van der Waals surface area contributed by atoms with Gasteiger partial charge < -0.3 is 14.6 Å². The quantitative estimate of drug-likeness (QED) is 0.815. The Morgan fingerprint density at radius 3 is 3.07 bits per heavy atom. The molecule has 2 atom stereocenters. The summed E-state index contributed by atoms with van der Waals surface area (Å²) >= 11 is 0. The second-order valence-electron chi connectivity index (χ2n) is 3.92. The SMILES string of the molecule is CNC(C)c1noc(C2CCCOC2)n1. The van der Waals surface area contributed by atoms with E-state index in [1.165, 1.54) is 0 Å². The first-order valence-electron chi connectivity index (χ1n) is 5.39. The second-order valence-corrected chi connectivity index (χ2v) is 3.92. The predicted molar refractivity (Wildman–Crippen MR) is 54.6 cm³/mol. The number of ether oxygens (including phenoxy) is 1. The molecule has 1 aromatic heterocycles. The van der Waals surface area contributed by atoms with Gasteiger partial charge in [0.15, 0.2) is 5.82 Å². The molecule has 84 valence electrons. The molecular weight excluding hydrogens is 194 g/mol. The smallest absolute Gasteiger partial charge is 0.232 e. The molecule has 0 saturated carbocycles. The fourth-order valence-electron chi connectivity index (χ4n) is 1.65. The van der Waals surface area contributed by atoms with Crippen LogP contribution in [-0.2, 0) is 4.74 Å². The van der Waals surface area contributed by atoms with Crippen molar-refractivity contribution in [2.75, 3.05) is 20.3 Å². The fourth-order valence-corrected chi connectivity index (χ4v) is 1.65. The molecule has 0 spiro atoms. The highest BCUT2D eigenvalue weighted by Gasteiger charge is 2.23. The van der Waals surface area contributed by atoms with Crippen LogP contribution in [-0.4, -0.2) is 30.4 Å². The van der Waals surface area contributed by atoms with Gasteiger partial charge in [0.25, 0.3) is 0 Å². The summed E-state index contributed by atoms with van der Waals surface area (Å²) in [5, 5.41) is 7.04. The minimum Gasteiger partial charge on any atom is -0.381 e. The summed E-state index contributed by atoms with van der Waals surface area (Å²) in [6.07, 6.45) is 2.15. The molecule has 5 nitrogen and oxygen atoms in total. The summed E-state index contributed by atoms with van der Waals surface area (Å²) < 4.78 is 10.6. The third-order valence-electron chi connectivity index (χ3n) is 2.79. The fraction of sp³-hybridized carbons (Fsp3) is 0.800. The summed E-state index contributed by atoms with van der Waals surface area (Å²) in [6.45, 7) is 3.56. The topological polar surface area (TPSA) is 60.2 Å². The molecule has 5 heteroatoms. The summed E-state index contributed by atoms with van der Waals surface area (Å²) in [5.74, 6) is 1.72. The number of nitrogens with one attached hydrogen (secondary N) is 1. The van der Waals surface area contributed by atoms with Crippen LogP contribution in [0.2, 0.25) is 0 Å². The first-order chi connectivity index (χ1) is 7.31. The highest BCUT2D eigenvalue weighted by molar-refractivity contribution is 4.98. The first kappa shape index (κ1) is 10.6. The average Bonchev–Trinajstić information content (AvgIpc) is 2.78. The van der Waals surface area contributed by atoms with Crippen molar-refractivity contribution < 1.29 is 9.26 Å². The minimum absolute atomic E-state index is 0.131. The van der Waals surface area contributed by atoms with Crippen LogP contribution in [0, 0.1) is 0 Å². The summed E-state index contributed by atoms with van der Waals surface area (Å²) in [6, 6.07) is 0.131. The first-order valence-corrected chi connectivity index (χ1v) is 5.39. The van der Waals surface area contributed by atoms with Gasteiger partial charge >= 0.3 is 0 Å². The maximum Gasteiger partial charge on any atom is 0.232 e. The van der Waals surface area contributed by atoms with Crippen LogP contribution in [0.1, 0.15) is 43.4 Å². The zero-order chi connectivity index (χ0) is 10.7. The number of rotatable bonds is 3. The third-order valence-corrected chi connectivity index (χ3v) is 2.79. The summed E-state index contributed by atoms with van der Waals surface area (Å²) in [4.78, 5) is 4.38. The van der Waals surface area contributed by atoms with Crippen molar-refractivity contribution in [3.05, 3.63) is 11.7 Å². The minimum atomic E-state index is 0.131. The molecule has 2 rings (SSSR count). The van der Waals surface area contributed by atoms with Crippen LogP contribution in [0.25, 0.3) is 0 Å². The van der Waals surface area contributed by atoms with E-state index < -0.39 is 0 Å². The van der Waals surface area contributed by atoms with Gasteiger partial charge in [0, 0.05) is 6.61 Å². The zero-order valence-corrected chi connectivity index (χ0v) is 9.19.